The first-order chi connectivity index (χ1) is 11.7. The maximum atomic E-state index is 9.46. The van der Waals surface area contributed by atoms with Gasteiger partial charge in [-0.1, -0.05) is 29.3 Å². The maximum Gasteiger partial charge on any atom is 0.183 e. The molecule has 0 aliphatic rings. The van der Waals surface area contributed by atoms with E-state index in [1.165, 1.54) is 25.0 Å². The number of rotatable bonds is 4. The van der Waals surface area contributed by atoms with E-state index in [0.29, 0.717) is 0 Å². The fourth-order valence-corrected chi connectivity index (χ4v) is 2.03. The highest BCUT2D eigenvalue weighted by molar-refractivity contribution is 6.31. The molecule has 118 valence electrons. The molecule has 2 heterocycles. The summed E-state index contributed by atoms with van der Waals surface area (Å²) in [7, 11) is 0. The maximum absolute atomic E-state index is 9.46. The monoisotopic (exact) mass is 359 g/mol. The molecule has 0 saturated carbocycles. The number of nitriles is 1. The van der Waals surface area contributed by atoms with Crippen LogP contribution in [0.25, 0.3) is 0 Å². The van der Waals surface area contributed by atoms with Gasteiger partial charge < -0.3 is 9.47 Å². The summed E-state index contributed by atoms with van der Waals surface area (Å²) in [5.41, 5.74) is 0.150. The number of nitrogens with zero attached hydrogens (tertiary/aromatic N) is 5. The van der Waals surface area contributed by atoms with E-state index in [9.17, 15) is 5.26 Å². The molecule has 9 heteroatoms. The molecular weight excluding hydrogens is 353 g/mol. The molecule has 0 fully saturated rings. The van der Waals surface area contributed by atoms with Gasteiger partial charge in [-0.25, -0.2) is 19.9 Å². The van der Waals surface area contributed by atoms with Gasteiger partial charge in [-0.3, -0.25) is 0 Å². The Bertz CT molecular complexity index is 864. The Morgan fingerprint density at radius 2 is 1.33 bits per heavy atom. The second-order valence-corrected chi connectivity index (χ2v) is 5.02. The van der Waals surface area contributed by atoms with Crippen molar-refractivity contribution in [3.05, 3.63) is 59.1 Å². The minimum atomic E-state index is 0.125. The summed E-state index contributed by atoms with van der Waals surface area (Å²) in [6.07, 6.45) is 5.37. The van der Waals surface area contributed by atoms with E-state index >= 15 is 0 Å². The van der Waals surface area contributed by atoms with E-state index in [4.69, 9.17) is 32.7 Å². The Labute approximate surface area is 146 Å². The highest BCUT2D eigenvalue weighted by Crippen LogP contribution is 2.36. The van der Waals surface area contributed by atoms with Crippen LogP contribution >= 0.6 is 23.2 Å². The Balaban J connectivity index is 1.97. The molecule has 3 rings (SSSR count). The number of aromatic nitrogens is 4. The number of hydrogen-bond acceptors (Lipinski definition) is 7. The van der Waals surface area contributed by atoms with Gasteiger partial charge in [-0.2, -0.15) is 5.26 Å². The number of benzene rings is 1. The van der Waals surface area contributed by atoms with Crippen molar-refractivity contribution in [1.29, 1.82) is 5.26 Å². The highest BCUT2D eigenvalue weighted by atomic mass is 35.5. The molecule has 0 N–H and O–H groups in total. The van der Waals surface area contributed by atoms with Crippen LogP contribution in [0.1, 0.15) is 5.56 Å². The molecule has 0 radical (unpaired) electrons. The molecule has 0 aliphatic heterocycles. The largest absolute Gasteiger partial charge is 0.451 e. The minimum Gasteiger partial charge on any atom is -0.451 e. The summed E-state index contributed by atoms with van der Waals surface area (Å²) in [6.45, 7) is 0. The Hall–Kier alpha value is -2.95. The molecule has 3 aromatic rings. The third-order valence-corrected chi connectivity index (χ3v) is 3.37. The van der Waals surface area contributed by atoms with Crippen LogP contribution in [0.4, 0.5) is 0 Å². The first kappa shape index (κ1) is 15.9. The fourth-order valence-electron chi connectivity index (χ4n) is 1.77. The average Bonchev–Trinajstić information content (AvgIpc) is 2.59. The van der Waals surface area contributed by atoms with E-state index in [2.05, 4.69) is 19.9 Å². The zero-order valence-corrected chi connectivity index (χ0v) is 13.4. The van der Waals surface area contributed by atoms with Crippen LogP contribution in [0.15, 0.2) is 43.2 Å². The van der Waals surface area contributed by atoms with Gasteiger partial charge in [-0.05, 0) is 12.1 Å². The number of halogens is 2. The van der Waals surface area contributed by atoms with Crippen LogP contribution in [0, 0.1) is 11.3 Å². The Morgan fingerprint density at radius 1 is 0.833 bits per heavy atom. The third-order valence-electron chi connectivity index (χ3n) is 2.81. The molecular formula is C15H7Cl2N5O2. The van der Waals surface area contributed by atoms with E-state index in [1.54, 1.807) is 18.2 Å². The first-order valence-corrected chi connectivity index (χ1v) is 7.24. The predicted molar refractivity (Wildman–Crippen MR) is 85.4 cm³/mol. The Morgan fingerprint density at radius 3 is 1.75 bits per heavy atom. The molecule has 0 aliphatic carbocycles. The molecule has 0 spiro atoms. The predicted octanol–water partition coefficient (Wildman–Crippen LogP) is 4.03. The molecule has 1 aromatic carbocycles. The quantitative estimate of drug-likeness (QED) is 0.648. The van der Waals surface area contributed by atoms with E-state index in [0.717, 1.165) is 0 Å². The molecule has 0 amide bonds. The molecule has 0 bridgehead atoms. The second kappa shape index (κ2) is 7.08. The van der Waals surface area contributed by atoms with Crippen LogP contribution in [0.3, 0.4) is 0 Å². The number of ether oxygens (including phenoxy) is 2. The van der Waals surface area contributed by atoms with Crippen molar-refractivity contribution in [3.8, 4) is 29.1 Å². The van der Waals surface area contributed by atoms with Gasteiger partial charge in [0, 0.05) is 0 Å². The first-order valence-electron chi connectivity index (χ1n) is 6.49. The van der Waals surface area contributed by atoms with Gasteiger partial charge >= 0.3 is 0 Å². The van der Waals surface area contributed by atoms with Crippen molar-refractivity contribution in [2.45, 2.75) is 0 Å². The SMILES string of the molecule is N#Cc1c(Oc2cncnc2Cl)cccc1Oc1cncnc1Cl. The van der Waals surface area contributed by atoms with Gasteiger partial charge in [0.1, 0.15) is 35.8 Å². The second-order valence-electron chi connectivity index (χ2n) is 4.30. The van der Waals surface area contributed by atoms with Crippen molar-refractivity contribution in [3.63, 3.8) is 0 Å². The topological polar surface area (TPSA) is 93.8 Å². The lowest BCUT2D eigenvalue weighted by atomic mass is 10.2. The van der Waals surface area contributed by atoms with Crippen LogP contribution in [0.5, 0.6) is 23.0 Å². The van der Waals surface area contributed by atoms with E-state index in [-0.39, 0.29) is 38.9 Å². The zero-order chi connectivity index (χ0) is 16.9. The summed E-state index contributed by atoms with van der Waals surface area (Å²) < 4.78 is 11.2. The van der Waals surface area contributed by atoms with Gasteiger partial charge in [0.2, 0.25) is 0 Å². The van der Waals surface area contributed by atoms with Crippen molar-refractivity contribution in [1.82, 2.24) is 19.9 Å². The van der Waals surface area contributed by atoms with E-state index < -0.39 is 0 Å². The summed E-state index contributed by atoms with van der Waals surface area (Å²) in [4.78, 5) is 15.3. The van der Waals surface area contributed by atoms with Gasteiger partial charge in [0.15, 0.2) is 21.8 Å². The van der Waals surface area contributed by atoms with Crippen molar-refractivity contribution < 1.29 is 9.47 Å². The third kappa shape index (κ3) is 3.35. The smallest absolute Gasteiger partial charge is 0.183 e. The van der Waals surface area contributed by atoms with Crippen LogP contribution in [0.2, 0.25) is 10.3 Å². The standard InChI is InChI=1S/C15H7Cl2N5O2/c16-14-12(5-19-7-21-14)23-10-2-1-3-11(9(10)4-18)24-13-6-20-8-22-15(13)17/h1-3,5-8H. The average molecular weight is 360 g/mol. The van der Waals surface area contributed by atoms with E-state index in [1.807, 2.05) is 6.07 Å². The zero-order valence-electron chi connectivity index (χ0n) is 11.8. The normalized spacial score (nSPS) is 10.0. The highest BCUT2D eigenvalue weighted by Gasteiger charge is 2.15. The summed E-state index contributed by atoms with van der Waals surface area (Å²) in [5.74, 6) is 0.905. The molecule has 0 unspecified atom stereocenters. The minimum absolute atomic E-state index is 0.125. The molecule has 0 atom stereocenters. The molecule has 0 saturated heterocycles. The van der Waals surface area contributed by atoms with Crippen molar-refractivity contribution in [2.75, 3.05) is 0 Å². The number of hydrogen-bond donors (Lipinski definition) is 0. The van der Waals surface area contributed by atoms with Crippen LogP contribution in [-0.2, 0) is 0 Å². The summed E-state index contributed by atoms with van der Waals surface area (Å²) in [5, 5.41) is 9.70. The van der Waals surface area contributed by atoms with Crippen molar-refractivity contribution in [2.24, 2.45) is 0 Å². The summed E-state index contributed by atoms with van der Waals surface area (Å²) in [6, 6.07) is 6.87. The van der Waals surface area contributed by atoms with Crippen LogP contribution in [-0.4, -0.2) is 19.9 Å². The lowest BCUT2D eigenvalue weighted by Crippen LogP contribution is -1.95. The lowest BCUT2D eigenvalue weighted by molar-refractivity contribution is 0.453. The van der Waals surface area contributed by atoms with Crippen LogP contribution < -0.4 is 9.47 Å². The van der Waals surface area contributed by atoms with Crippen molar-refractivity contribution >= 4 is 23.2 Å². The Kier molecular flexibility index (Phi) is 4.70. The van der Waals surface area contributed by atoms with Gasteiger partial charge in [0.05, 0.1) is 12.4 Å². The molecule has 7 nitrogen and oxygen atoms in total. The molecule has 2 aromatic heterocycles. The lowest BCUT2D eigenvalue weighted by Gasteiger charge is -2.12. The van der Waals surface area contributed by atoms with Gasteiger partial charge in [-0.15, -0.1) is 0 Å². The molecule has 24 heavy (non-hydrogen) atoms. The fraction of sp³-hybridized carbons (Fsp3) is 0. The summed E-state index contributed by atoms with van der Waals surface area (Å²) >= 11 is 11.9. The van der Waals surface area contributed by atoms with Gasteiger partial charge in [0.25, 0.3) is 0 Å².